The van der Waals surface area contributed by atoms with Crippen molar-refractivity contribution in [1.29, 1.82) is 0 Å². The van der Waals surface area contributed by atoms with Crippen molar-refractivity contribution in [3.05, 3.63) is 29.8 Å². The molecular formula is C11H16N2O2S. The van der Waals surface area contributed by atoms with Gasteiger partial charge in [0.25, 0.3) is 0 Å². The Balaban J connectivity index is 2.28. The highest BCUT2D eigenvalue weighted by atomic mass is 32.2. The summed E-state index contributed by atoms with van der Waals surface area (Å²) in [5, 5.41) is 0. The van der Waals surface area contributed by atoms with E-state index < -0.39 is 10.0 Å². The van der Waals surface area contributed by atoms with Crippen LogP contribution in [0.25, 0.3) is 0 Å². The Kier molecular flexibility index (Phi) is 3.01. The first-order valence-electron chi connectivity index (χ1n) is 5.37. The van der Waals surface area contributed by atoms with E-state index in [0.717, 1.165) is 18.4 Å². The lowest BCUT2D eigenvalue weighted by Gasteiger charge is -2.09. The molecule has 1 saturated carbocycles. The predicted octanol–water partition coefficient (Wildman–Crippen LogP) is 1.15. The first-order valence-corrected chi connectivity index (χ1v) is 6.85. The van der Waals surface area contributed by atoms with E-state index in [9.17, 15) is 8.42 Å². The molecule has 0 saturated heterocycles. The summed E-state index contributed by atoms with van der Waals surface area (Å²) in [5.41, 5.74) is 6.56. The maximum absolute atomic E-state index is 11.9. The van der Waals surface area contributed by atoms with Gasteiger partial charge in [0.15, 0.2) is 0 Å². The van der Waals surface area contributed by atoms with Crippen molar-refractivity contribution in [2.24, 2.45) is 5.73 Å². The standard InChI is InChI=1S/C11H16N2O2S/c1-8(12)9-3-2-4-11(7-9)16(14,15)13-10-5-6-10/h2-4,7-8,10,13H,5-6,12H2,1H3. The minimum Gasteiger partial charge on any atom is -0.324 e. The van der Waals surface area contributed by atoms with Crippen molar-refractivity contribution in [2.75, 3.05) is 0 Å². The minimum absolute atomic E-state index is 0.129. The molecule has 1 aromatic carbocycles. The second-order valence-electron chi connectivity index (χ2n) is 4.26. The van der Waals surface area contributed by atoms with Gasteiger partial charge in [-0.05, 0) is 37.5 Å². The van der Waals surface area contributed by atoms with Crippen molar-refractivity contribution in [1.82, 2.24) is 4.72 Å². The number of hydrogen-bond acceptors (Lipinski definition) is 3. The van der Waals surface area contributed by atoms with Gasteiger partial charge in [-0.15, -0.1) is 0 Å². The molecule has 1 aliphatic carbocycles. The maximum Gasteiger partial charge on any atom is 0.240 e. The lowest BCUT2D eigenvalue weighted by atomic mass is 10.1. The average molecular weight is 240 g/mol. The van der Waals surface area contributed by atoms with Crippen LogP contribution in [0.15, 0.2) is 29.2 Å². The van der Waals surface area contributed by atoms with Crippen molar-refractivity contribution in [3.63, 3.8) is 0 Å². The summed E-state index contributed by atoms with van der Waals surface area (Å²) in [4.78, 5) is 0.300. The van der Waals surface area contributed by atoms with Gasteiger partial charge in [-0.1, -0.05) is 12.1 Å². The van der Waals surface area contributed by atoms with Crippen LogP contribution in [0.2, 0.25) is 0 Å². The molecular weight excluding hydrogens is 224 g/mol. The number of nitrogens with two attached hydrogens (primary N) is 1. The monoisotopic (exact) mass is 240 g/mol. The molecule has 0 aromatic heterocycles. The molecule has 1 fully saturated rings. The number of sulfonamides is 1. The fourth-order valence-corrected chi connectivity index (χ4v) is 2.81. The van der Waals surface area contributed by atoms with Gasteiger partial charge in [0, 0.05) is 12.1 Å². The van der Waals surface area contributed by atoms with Gasteiger partial charge in [-0.2, -0.15) is 0 Å². The van der Waals surface area contributed by atoms with Crippen molar-refractivity contribution in [3.8, 4) is 0 Å². The van der Waals surface area contributed by atoms with Crippen molar-refractivity contribution in [2.45, 2.75) is 36.7 Å². The largest absolute Gasteiger partial charge is 0.324 e. The summed E-state index contributed by atoms with van der Waals surface area (Å²) in [6.45, 7) is 1.83. The van der Waals surface area contributed by atoms with Crippen LogP contribution in [-0.4, -0.2) is 14.5 Å². The van der Waals surface area contributed by atoms with Crippen LogP contribution in [0, 0.1) is 0 Å². The molecule has 1 atom stereocenters. The van der Waals surface area contributed by atoms with E-state index in [-0.39, 0.29) is 12.1 Å². The second-order valence-corrected chi connectivity index (χ2v) is 5.97. The molecule has 0 bridgehead atoms. The number of hydrogen-bond donors (Lipinski definition) is 2. The molecule has 1 unspecified atom stereocenters. The summed E-state index contributed by atoms with van der Waals surface area (Å²) in [7, 11) is -3.36. The zero-order chi connectivity index (χ0) is 11.8. The third kappa shape index (κ3) is 2.61. The highest BCUT2D eigenvalue weighted by Crippen LogP contribution is 2.23. The number of nitrogens with one attached hydrogen (secondary N) is 1. The van der Waals surface area contributed by atoms with Crippen LogP contribution in [0.4, 0.5) is 0 Å². The van der Waals surface area contributed by atoms with Crippen LogP contribution >= 0.6 is 0 Å². The Labute approximate surface area is 95.9 Å². The van der Waals surface area contributed by atoms with E-state index in [4.69, 9.17) is 5.73 Å². The summed E-state index contributed by atoms with van der Waals surface area (Å²) in [6, 6.07) is 6.76. The third-order valence-electron chi connectivity index (χ3n) is 2.59. The molecule has 5 heteroatoms. The van der Waals surface area contributed by atoms with E-state index in [2.05, 4.69) is 4.72 Å². The Hall–Kier alpha value is -0.910. The quantitative estimate of drug-likeness (QED) is 0.829. The first kappa shape index (κ1) is 11.6. The van der Waals surface area contributed by atoms with E-state index >= 15 is 0 Å². The molecule has 3 N–H and O–H groups in total. The molecule has 0 radical (unpaired) electrons. The van der Waals surface area contributed by atoms with E-state index in [1.807, 2.05) is 13.0 Å². The molecule has 4 nitrogen and oxygen atoms in total. The SMILES string of the molecule is CC(N)c1cccc(S(=O)(=O)NC2CC2)c1. The number of benzene rings is 1. The van der Waals surface area contributed by atoms with Gasteiger partial charge >= 0.3 is 0 Å². The second kappa shape index (κ2) is 4.16. The van der Waals surface area contributed by atoms with E-state index in [0.29, 0.717) is 4.90 Å². The average Bonchev–Trinajstić information content (AvgIpc) is 3.01. The molecule has 1 aromatic rings. The highest BCUT2D eigenvalue weighted by Gasteiger charge is 2.27. The highest BCUT2D eigenvalue weighted by molar-refractivity contribution is 7.89. The van der Waals surface area contributed by atoms with Gasteiger partial charge in [-0.25, -0.2) is 13.1 Å². The van der Waals surface area contributed by atoms with Gasteiger partial charge in [-0.3, -0.25) is 0 Å². The molecule has 2 rings (SSSR count). The Morgan fingerprint density at radius 1 is 1.44 bits per heavy atom. The van der Waals surface area contributed by atoms with Crippen LogP contribution in [-0.2, 0) is 10.0 Å². The summed E-state index contributed by atoms with van der Waals surface area (Å²) < 4.78 is 26.5. The van der Waals surface area contributed by atoms with Gasteiger partial charge in [0.2, 0.25) is 10.0 Å². The fraction of sp³-hybridized carbons (Fsp3) is 0.455. The smallest absolute Gasteiger partial charge is 0.240 e. The summed E-state index contributed by atoms with van der Waals surface area (Å²) in [5.74, 6) is 0. The Bertz CT molecular complexity index is 479. The molecule has 0 amide bonds. The molecule has 0 aliphatic heterocycles. The van der Waals surface area contributed by atoms with Gasteiger partial charge in [0.05, 0.1) is 4.90 Å². The topological polar surface area (TPSA) is 72.2 Å². The lowest BCUT2D eigenvalue weighted by Crippen LogP contribution is -2.25. The zero-order valence-corrected chi connectivity index (χ0v) is 10.00. The molecule has 1 aliphatic rings. The van der Waals surface area contributed by atoms with Gasteiger partial charge in [0.1, 0.15) is 0 Å². The van der Waals surface area contributed by atoms with Crippen molar-refractivity contribution >= 4 is 10.0 Å². The van der Waals surface area contributed by atoms with E-state index in [1.54, 1.807) is 18.2 Å². The van der Waals surface area contributed by atoms with Crippen LogP contribution < -0.4 is 10.5 Å². The Morgan fingerprint density at radius 3 is 2.69 bits per heavy atom. The van der Waals surface area contributed by atoms with Crippen molar-refractivity contribution < 1.29 is 8.42 Å². The first-order chi connectivity index (χ1) is 7.49. The molecule has 0 heterocycles. The van der Waals surface area contributed by atoms with Gasteiger partial charge < -0.3 is 5.73 Å². The minimum atomic E-state index is -3.36. The zero-order valence-electron chi connectivity index (χ0n) is 9.18. The third-order valence-corrected chi connectivity index (χ3v) is 4.11. The molecule has 16 heavy (non-hydrogen) atoms. The number of rotatable bonds is 4. The summed E-state index contributed by atoms with van der Waals surface area (Å²) >= 11 is 0. The molecule has 0 spiro atoms. The van der Waals surface area contributed by atoms with E-state index in [1.165, 1.54) is 0 Å². The van der Waals surface area contributed by atoms with Crippen LogP contribution in [0.5, 0.6) is 0 Å². The Morgan fingerprint density at radius 2 is 2.12 bits per heavy atom. The maximum atomic E-state index is 11.9. The lowest BCUT2D eigenvalue weighted by molar-refractivity contribution is 0.581. The van der Waals surface area contributed by atoms with Crippen LogP contribution in [0.3, 0.4) is 0 Å². The van der Waals surface area contributed by atoms with Crippen LogP contribution in [0.1, 0.15) is 31.4 Å². The fourth-order valence-electron chi connectivity index (χ4n) is 1.45. The molecule has 88 valence electrons. The predicted molar refractivity (Wildman–Crippen MR) is 62.4 cm³/mol. The normalized spacial score (nSPS) is 18.4. The summed E-state index contributed by atoms with van der Waals surface area (Å²) in [6.07, 6.45) is 1.87.